The minimum Gasteiger partial charge on any atom is -0.462 e. The van der Waals surface area contributed by atoms with E-state index >= 15 is 0 Å². The molecule has 0 unspecified atom stereocenters. The molecule has 0 aromatic carbocycles. The van der Waals surface area contributed by atoms with Crippen molar-refractivity contribution in [3.8, 4) is 0 Å². The number of nitrogens with two attached hydrogens (primary N) is 1. The Hall–Kier alpha value is -2.42. The molecule has 13 nitrogen and oxygen atoms in total. The molecule has 0 aromatic rings. The minimum atomic E-state index is -1.57. The summed E-state index contributed by atoms with van der Waals surface area (Å²) in [5, 5.41) is 10.3. The lowest BCUT2D eigenvalue weighted by Gasteiger charge is -2.38. The molecule has 0 spiro atoms. The number of nitrogens with zero attached hydrogens (tertiary/aromatic N) is 1. The Morgan fingerprint density at radius 3 is 1.97 bits per heavy atom. The minimum absolute atomic E-state index is 0.0891. The van der Waals surface area contributed by atoms with E-state index in [0.29, 0.717) is 0 Å². The Kier molecular flexibility index (Phi) is 11.6. The van der Waals surface area contributed by atoms with Gasteiger partial charge >= 0.3 is 23.9 Å². The summed E-state index contributed by atoms with van der Waals surface area (Å²) in [6, 6.07) is -0.787. The zero-order valence-corrected chi connectivity index (χ0v) is 19.9. The van der Waals surface area contributed by atoms with Crippen molar-refractivity contribution in [3.63, 3.8) is 0 Å². The fourth-order valence-electron chi connectivity index (χ4n) is 3.25. The van der Waals surface area contributed by atoms with E-state index in [1.807, 2.05) is 0 Å². The number of carbonyl (C=O) groups is 5. The quantitative estimate of drug-likeness (QED) is 0.237. The summed E-state index contributed by atoms with van der Waals surface area (Å²) in [6.07, 6.45) is -6.11. The number of hydrogen-bond donors (Lipinski definition) is 2. The standard InChI is InChI=1S/C19H30N2O11S/c1-9(22)29-6-14(30-10(2)23)16(31-11(3)24)17(32-12(4)25)15(26)19-21(8-28-5)13(7-33-19)18(20)27/h13-17,19,26H,6-8H2,1-5H3,(H2,20,27)/t13-,14-,15-,16+,17+,19-/m0/s1. The molecule has 3 N–H and O–H groups in total. The molecule has 1 amide bonds. The van der Waals surface area contributed by atoms with Crippen molar-refractivity contribution in [3.05, 3.63) is 0 Å². The summed E-state index contributed by atoms with van der Waals surface area (Å²) in [7, 11) is 1.38. The number of carbonyl (C=O) groups excluding carboxylic acids is 5. The van der Waals surface area contributed by atoms with Gasteiger partial charge in [0.15, 0.2) is 18.3 Å². The van der Waals surface area contributed by atoms with Gasteiger partial charge in [-0.1, -0.05) is 0 Å². The average molecular weight is 495 g/mol. The first-order valence-electron chi connectivity index (χ1n) is 9.87. The lowest BCUT2D eigenvalue weighted by Crippen LogP contribution is -2.58. The van der Waals surface area contributed by atoms with Crippen LogP contribution in [0.15, 0.2) is 0 Å². The van der Waals surface area contributed by atoms with Gasteiger partial charge in [0.25, 0.3) is 0 Å². The first-order chi connectivity index (χ1) is 15.4. The molecular weight excluding hydrogens is 464 g/mol. The van der Waals surface area contributed by atoms with Crippen LogP contribution in [0.5, 0.6) is 0 Å². The molecule has 1 aliphatic heterocycles. The normalized spacial score (nSPS) is 21.9. The van der Waals surface area contributed by atoms with Gasteiger partial charge in [0, 0.05) is 40.6 Å². The molecule has 1 saturated heterocycles. The first kappa shape index (κ1) is 28.6. The van der Waals surface area contributed by atoms with Gasteiger partial charge in [0.2, 0.25) is 5.91 Å². The number of esters is 4. The third-order valence-corrected chi connectivity index (χ3v) is 5.85. The topological polar surface area (TPSA) is 181 Å². The molecular formula is C19H30N2O11S. The van der Waals surface area contributed by atoms with E-state index in [1.54, 1.807) is 0 Å². The summed E-state index contributed by atoms with van der Waals surface area (Å²) in [5.74, 6) is -3.62. The van der Waals surface area contributed by atoms with Crippen LogP contribution >= 0.6 is 11.8 Å². The molecule has 1 aliphatic rings. The van der Waals surface area contributed by atoms with Crippen LogP contribution < -0.4 is 5.73 Å². The second kappa shape index (κ2) is 13.3. The molecule has 188 valence electrons. The van der Waals surface area contributed by atoms with Crippen LogP contribution in [-0.4, -0.2) is 102 Å². The zero-order chi connectivity index (χ0) is 25.3. The molecule has 0 bridgehead atoms. The van der Waals surface area contributed by atoms with E-state index in [0.717, 1.165) is 39.5 Å². The highest BCUT2D eigenvalue weighted by atomic mass is 32.2. The van der Waals surface area contributed by atoms with E-state index in [9.17, 15) is 29.1 Å². The van der Waals surface area contributed by atoms with E-state index in [2.05, 4.69) is 0 Å². The fourth-order valence-corrected chi connectivity index (χ4v) is 4.74. The number of rotatable bonds is 12. The number of amides is 1. The maximum Gasteiger partial charge on any atom is 0.303 e. The van der Waals surface area contributed by atoms with Crippen LogP contribution in [0.3, 0.4) is 0 Å². The monoisotopic (exact) mass is 494 g/mol. The van der Waals surface area contributed by atoms with Crippen molar-refractivity contribution in [1.29, 1.82) is 0 Å². The molecule has 1 rings (SSSR count). The SMILES string of the molecule is COCN1[C@H](C(N)=O)CS[C@H]1[C@@H](O)[C@@H](OC(C)=O)[C@H](OC(C)=O)[C@H](COC(C)=O)OC(C)=O. The van der Waals surface area contributed by atoms with E-state index in [4.69, 9.17) is 29.4 Å². The van der Waals surface area contributed by atoms with E-state index < -0.39 is 72.2 Å². The van der Waals surface area contributed by atoms with Crippen molar-refractivity contribution in [2.45, 2.75) is 63.5 Å². The Balaban J connectivity index is 3.39. The summed E-state index contributed by atoms with van der Waals surface area (Å²) in [4.78, 5) is 60.0. The number of aliphatic hydroxyl groups excluding tert-OH is 1. The van der Waals surface area contributed by atoms with Gasteiger partial charge in [0.05, 0.1) is 5.37 Å². The molecule has 0 saturated carbocycles. The molecule has 1 heterocycles. The number of ether oxygens (including phenoxy) is 5. The zero-order valence-electron chi connectivity index (χ0n) is 19.0. The molecule has 33 heavy (non-hydrogen) atoms. The maximum absolute atomic E-state index is 11.9. The second-order valence-corrected chi connectivity index (χ2v) is 8.31. The summed E-state index contributed by atoms with van der Waals surface area (Å²) < 4.78 is 25.7. The highest BCUT2D eigenvalue weighted by Crippen LogP contribution is 2.34. The summed E-state index contributed by atoms with van der Waals surface area (Å²) in [5.41, 5.74) is 5.44. The van der Waals surface area contributed by atoms with Crippen LogP contribution in [-0.2, 0) is 47.7 Å². The Bertz CT molecular complexity index is 735. The number of aliphatic hydroxyl groups is 1. The smallest absolute Gasteiger partial charge is 0.303 e. The molecule has 0 aliphatic carbocycles. The molecule has 6 atom stereocenters. The number of thioether (sulfide) groups is 1. The van der Waals surface area contributed by atoms with Crippen LogP contribution in [0, 0.1) is 0 Å². The van der Waals surface area contributed by atoms with Gasteiger partial charge in [-0.15, -0.1) is 11.8 Å². The largest absolute Gasteiger partial charge is 0.462 e. The van der Waals surface area contributed by atoms with Gasteiger partial charge in [-0.2, -0.15) is 0 Å². The van der Waals surface area contributed by atoms with Gasteiger partial charge < -0.3 is 34.5 Å². The molecule has 14 heteroatoms. The Morgan fingerprint density at radius 1 is 0.970 bits per heavy atom. The predicted molar refractivity (Wildman–Crippen MR) is 112 cm³/mol. The fraction of sp³-hybridized carbons (Fsp3) is 0.737. The van der Waals surface area contributed by atoms with Gasteiger partial charge in [-0.25, -0.2) is 0 Å². The number of primary amides is 1. The Morgan fingerprint density at radius 2 is 1.52 bits per heavy atom. The van der Waals surface area contributed by atoms with Crippen LogP contribution in [0.25, 0.3) is 0 Å². The Labute approximate surface area is 195 Å². The number of methoxy groups -OCH3 is 1. The molecule has 1 fully saturated rings. The summed E-state index contributed by atoms with van der Waals surface area (Å²) >= 11 is 1.14. The van der Waals surface area contributed by atoms with Crippen LogP contribution in [0.1, 0.15) is 27.7 Å². The van der Waals surface area contributed by atoms with E-state index in [-0.39, 0.29) is 12.5 Å². The maximum atomic E-state index is 11.9. The van der Waals surface area contributed by atoms with Gasteiger partial charge in [0.1, 0.15) is 25.5 Å². The van der Waals surface area contributed by atoms with Gasteiger partial charge in [-0.3, -0.25) is 28.9 Å². The first-order valence-corrected chi connectivity index (χ1v) is 10.9. The molecule has 0 radical (unpaired) electrons. The highest BCUT2D eigenvalue weighted by Gasteiger charge is 2.49. The average Bonchev–Trinajstić information content (AvgIpc) is 3.11. The third kappa shape index (κ3) is 8.79. The molecule has 0 aromatic heterocycles. The van der Waals surface area contributed by atoms with E-state index in [1.165, 1.54) is 12.0 Å². The van der Waals surface area contributed by atoms with Crippen molar-refractivity contribution < 1.29 is 52.8 Å². The van der Waals surface area contributed by atoms with Crippen molar-refractivity contribution in [2.75, 3.05) is 26.2 Å². The van der Waals surface area contributed by atoms with Crippen LogP contribution in [0.4, 0.5) is 0 Å². The predicted octanol–water partition coefficient (Wildman–Crippen LogP) is -1.46. The van der Waals surface area contributed by atoms with Gasteiger partial charge in [-0.05, 0) is 0 Å². The summed E-state index contributed by atoms with van der Waals surface area (Å²) in [6.45, 7) is 3.69. The second-order valence-electron chi connectivity index (χ2n) is 7.16. The highest BCUT2D eigenvalue weighted by molar-refractivity contribution is 8.00. The van der Waals surface area contributed by atoms with Crippen molar-refractivity contribution in [1.82, 2.24) is 4.90 Å². The van der Waals surface area contributed by atoms with Crippen LogP contribution in [0.2, 0.25) is 0 Å². The third-order valence-electron chi connectivity index (χ3n) is 4.45. The van der Waals surface area contributed by atoms with Crippen molar-refractivity contribution in [2.24, 2.45) is 5.73 Å². The van der Waals surface area contributed by atoms with Crippen molar-refractivity contribution >= 4 is 41.5 Å². The number of hydrogen-bond acceptors (Lipinski definition) is 13. The lowest BCUT2D eigenvalue weighted by molar-refractivity contribution is -0.200. The lowest BCUT2D eigenvalue weighted by atomic mass is 10.0.